The highest BCUT2D eigenvalue weighted by atomic mass is 15.1. The SMILES string of the molecule is c1ccc(N(c2cccc(-c3ccc4ccc5c(N(c6ccccc6)c6ccc7ccccc7c6)ccc6ccc3c4c65)c2)c2ccc3ccccc3c2)cc1. The Morgan fingerprint density at radius 3 is 1.38 bits per heavy atom. The van der Waals surface area contributed by atoms with Crippen LogP contribution < -0.4 is 9.80 Å². The molecule has 262 valence electrons. The number of rotatable bonds is 7. The number of anilines is 6. The summed E-state index contributed by atoms with van der Waals surface area (Å²) in [7, 11) is 0. The fourth-order valence-corrected chi connectivity index (χ4v) is 8.71. The van der Waals surface area contributed by atoms with E-state index in [-0.39, 0.29) is 0 Å². The van der Waals surface area contributed by atoms with E-state index >= 15 is 0 Å². The quantitative estimate of drug-likeness (QED) is 0.152. The van der Waals surface area contributed by atoms with E-state index in [4.69, 9.17) is 0 Å². The Morgan fingerprint density at radius 2 is 0.714 bits per heavy atom. The summed E-state index contributed by atoms with van der Waals surface area (Å²) in [6.07, 6.45) is 0. The van der Waals surface area contributed by atoms with E-state index in [9.17, 15) is 0 Å². The Hall–Kier alpha value is -7.42. The van der Waals surface area contributed by atoms with Gasteiger partial charge in [0.25, 0.3) is 0 Å². The zero-order valence-corrected chi connectivity index (χ0v) is 30.7. The molecule has 0 unspecified atom stereocenters. The number of benzene rings is 11. The van der Waals surface area contributed by atoms with Crippen LogP contribution in [0.25, 0.3) is 65.0 Å². The van der Waals surface area contributed by atoms with Crippen LogP contribution in [0.1, 0.15) is 0 Å². The highest BCUT2D eigenvalue weighted by Gasteiger charge is 2.20. The van der Waals surface area contributed by atoms with Crippen LogP contribution in [0, 0.1) is 0 Å². The fraction of sp³-hybridized carbons (Fsp3) is 0. The van der Waals surface area contributed by atoms with Crippen LogP contribution in [-0.4, -0.2) is 0 Å². The average molecular weight is 713 g/mol. The first kappa shape index (κ1) is 32.0. The van der Waals surface area contributed by atoms with Gasteiger partial charge in [0, 0.05) is 33.8 Å². The van der Waals surface area contributed by atoms with Crippen molar-refractivity contribution in [1.29, 1.82) is 0 Å². The lowest BCUT2D eigenvalue weighted by atomic mass is 9.89. The lowest BCUT2D eigenvalue weighted by Gasteiger charge is -2.28. The Bertz CT molecular complexity index is 3200. The van der Waals surface area contributed by atoms with Crippen molar-refractivity contribution >= 4 is 88.0 Å². The molecular weight excluding hydrogens is 677 g/mol. The first-order valence-corrected chi connectivity index (χ1v) is 19.3. The van der Waals surface area contributed by atoms with Crippen molar-refractivity contribution in [1.82, 2.24) is 0 Å². The van der Waals surface area contributed by atoms with Gasteiger partial charge in [0.2, 0.25) is 0 Å². The molecular formula is C54H36N2. The van der Waals surface area contributed by atoms with Gasteiger partial charge in [0.15, 0.2) is 0 Å². The zero-order chi connectivity index (χ0) is 37.0. The van der Waals surface area contributed by atoms with Crippen molar-refractivity contribution in [2.75, 3.05) is 9.80 Å². The molecule has 0 saturated carbocycles. The molecule has 0 saturated heterocycles. The van der Waals surface area contributed by atoms with Crippen molar-refractivity contribution in [3.05, 3.63) is 218 Å². The second kappa shape index (κ2) is 13.2. The van der Waals surface area contributed by atoms with E-state index in [1.165, 1.54) is 65.0 Å². The van der Waals surface area contributed by atoms with Crippen molar-refractivity contribution in [3.63, 3.8) is 0 Å². The molecule has 0 spiro atoms. The maximum atomic E-state index is 2.41. The maximum Gasteiger partial charge on any atom is 0.0540 e. The van der Waals surface area contributed by atoms with Crippen LogP contribution in [0.3, 0.4) is 0 Å². The fourth-order valence-electron chi connectivity index (χ4n) is 8.71. The van der Waals surface area contributed by atoms with Crippen LogP contribution >= 0.6 is 0 Å². The van der Waals surface area contributed by atoms with Crippen LogP contribution in [0.15, 0.2) is 218 Å². The molecule has 0 aliphatic heterocycles. The highest BCUT2D eigenvalue weighted by Crippen LogP contribution is 2.46. The summed E-state index contributed by atoms with van der Waals surface area (Å²) in [6.45, 7) is 0. The Morgan fingerprint density at radius 1 is 0.250 bits per heavy atom. The van der Waals surface area contributed by atoms with Gasteiger partial charge in [-0.3, -0.25) is 0 Å². The summed E-state index contributed by atoms with van der Waals surface area (Å²) < 4.78 is 0. The molecule has 0 aliphatic rings. The summed E-state index contributed by atoms with van der Waals surface area (Å²) in [5.74, 6) is 0. The molecule has 0 radical (unpaired) electrons. The van der Waals surface area contributed by atoms with Gasteiger partial charge in [-0.25, -0.2) is 0 Å². The smallest absolute Gasteiger partial charge is 0.0540 e. The molecule has 2 heteroatoms. The van der Waals surface area contributed by atoms with Gasteiger partial charge < -0.3 is 9.80 Å². The lowest BCUT2D eigenvalue weighted by Crippen LogP contribution is -2.10. The molecule has 0 N–H and O–H groups in total. The van der Waals surface area contributed by atoms with E-state index in [0.29, 0.717) is 0 Å². The van der Waals surface area contributed by atoms with Crippen molar-refractivity contribution in [3.8, 4) is 11.1 Å². The Labute approximate surface area is 326 Å². The Kier molecular flexibility index (Phi) is 7.53. The monoisotopic (exact) mass is 712 g/mol. The van der Waals surface area contributed by atoms with Gasteiger partial charge in [0.05, 0.1) is 5.69 Å². The van der Waals surface area contributed by atoms with Crippen molar-refractivity contribution in [2.24, 2.45) is 0 Å². The van der Waals surface area contributed by atoms with Crippen LogP contribution in [0.2, 0.25) is 0 Å². The number of para-hydroxylation sites is 2. The van der Waals surface area contributed by atoms with Crippen molar-refractivity contribution < 1.29 is 0 Å². The van der Waals surface area contributed by atoms with Gasteiger partial charge in [-0.05, 0) is 126 Å². The molecule has 56 heavy (non-hydrogen) atoms. The minimum atomic E-state index is 1.12. The van der Waals surface area contributed by atoms with Crippen LogP contribution in [0.5, 0.6) is 0 Å². The first-order chi connectivity index (χ1) is 27.8. The number of hydrogen-bond donors (Lipinski definition) is 0. The van der Waals surface area contributed by atoms with Gasteiger partial charge in [-0.2, -0.15) is 0 Å². The van der Waals surface area contributed by atoms with Gasteiger partial charge in [-0.1, -0.05) is 152 Å². The normalized spacial score (nSPS) is 11.6. The summed E-state index contributed by atoms with van der Waals surface area (Å²) in [4.78, 5) is 4.77. The predicted octanol–water partition coefficient (Wildman–Crippen LogP) is 15.5. The third-order valence-electron chi connectivity index (χ3n) is 11.3. The molecule has 0 amide bonds. The molecule has 11 aromatic carbocycles. The standard InChI is InChI=1S/C54H36N2/c1-3-17-44(18-4-1)55(47-28-22-37-12-7-9-14-41(37)34-47)46-21-11-16-43(36-46)49-30-24-39-26-32-51-52(33-27-40-25-31-50(49)53(39)54(40)51)56(45-19-5-2-6-20-45)48-29-23-38-13-8-10-15-42(38)35-48/h1-36H. The first-order valence-electron chi connectivity index (χ1n) is 19.3. The molecule has 11 aromatic rings. The highest BCUT2D eigenvalue weighted by molar-refractivity contribution is 6.28. The molecule has 0 heterocycles. The minimum absolute atomic E-state index is 1.12. The third-order valence-corrected chi connectivity index (χ3v) is 11.3. The zero-order valence-electron chi connectivity index (χ0n) is 30.7. The average Bonchev–Trinajstić information content (AvgIpc) is 3.27. The number of fused-ring (bicyclic) bond motifs is 2. The van der Waals surface area contributed by atoms with Crippen LogP contribution in [0.4, 0.5) is 34.1 Å². The third kappa shape index (κ3) is 5.34. The van der Waals surface area contributed by atoms with E-state index in [1.54, 1.807) is 0 Å². The van der Waals surface area contributed by atoms with Crippen molar-refractivity contribution in [2.45, 2.75) is 0 Å². The predicted molar refractivity (Wildman–Crippen MR) is 240 cm³/mol. The van der Waals surface area contributed by atoms with Gasteiger partial charge in [-0.15, -0.1) is 0 Å². The lowest BCUT2D eigenvalue weighted by molar-refractivity contribution is 1.29. The van der Waals surface area contributed by atoms with E-state index in [2.05, 4.69) is 228 Å². The second-order valence-electron chi connectivity index (χ2n) is 14.6. The summed E-state index contributed by atoms with van der Waals surface area (Å²) in [5.41, 5.74) is 9.20. The number of hydrogen-bond acceptors (Lipinski definition) is 2. The van der Waals surface area contributed by atoms with E-state index < -0.39 is 0 Å². The largest absolute Gasteiger partial charge is 0.310 e. The molecule has 11 rings (SSSR count). The summed E-state index contributed by atoms with van der Waals surface area (Å²) in [6, 6.07) is 79.5. The molecule has 0 fully saturated rings. The summed E-state index contributed by atoms with van der Waals surface area (Å²) in [5, 5.41) is 12.5. The second-order valence-corrected chi connectivity index (χ2v) is 14.6. The minimum Gasteiger partial charge on any atom is -0.310 e. The van der Waals surface area contributed by atoms with E-state index in [0.717, 1.165) is 34.1 Å². The number of nitrogens with zero attached hydrogens (tertiary/aromatic N) is 2. The van der Waals surface area contributed by atoms with Crippen LogP contribution in [-0.2, 0) is 0 Å². The topological polar surface area (TPSA) is 6.48 Å². The molecule has 0 bridgehead atoms. The molecule has 0 atom stereocenters. The molecule has 0 aliphatic carbocycles. The maximum absolute atomic E-state index is 2.41. The van der Waals surface area contributed by atoms with Gasteiger partial charge in [0.1, 0.15) is 0 Å². The van der Waals surface area contributed by atoms with Gasteiger partial charge >= 0.3 is 0 Å². The molecule has 0 aromatic heterocycles. The Balaban J connectivity index is 1.09. The van der Waals surface area contributed by atoms with E-state index in [1.807, 2.05) is 0 Å². The molecule has 2 nitrogen and oxygen atoms in total. The summed E-state index contributed by atoms with van der Waals surface area (Å²) >= 11 is 0.